The summed E-state index contributed by atoms with van der Waals surface area (Å²) in [4.78, 5) is 0. The highest BCUT2D eigenvalue weighted by atomic mass is 79.9. The van der Waals surface area contributed by atoms with Gasteiger partial charge in [-0.05, 0) is 28.1 Å². The number of halogens is 3. The second-order valence-electron chi connectivity index (χ2n) is 2.55. The Labute approximate surface area is 96.2 Å². The van der Waals surface area contributed by atoms with Crippen molar-refractivity contribution in [3.8, 4) is 5.75 Å². The minimum Gasteiger partial charge on any atom is -0.506 e. The molecule has 0 heterocycles. The first kappa shape index (κ1) is 13.4. The van der Waals surface area contributed by atoms with Crippen LogP contribution in [0.5, 0.6) is 5.75 Å². The van der Waals surface area contributed by atoms with Crippen LogP contribution >= 0.6 is 28.3 Å². The zero-order valence-electron chi connectivity index (χ0n) is 7.21. The van der Waals surface area contributed by atoms with E-state index in [1.165, 1.54) is 18.2 Å². The van der Waals surface area contributed by atoms with Crippen LogP contribution in [0.1, 0.15) is 11.6 Å². The van der Waals surface area contributed by atoms with E-state index >= 15 is 0 Å². The molecule has 2 nitrogen and oxygen atoms in total. The van der Waals surface area contributed by atoms with E-state index in [1.54, 1.807) is 0 Å². The molecule has 0 aliphatic heterocycles. The molecule has 78 valence electrons. The number of hydrogen-bond acceptors (Lipinski definition) is 2. The Balaban J connectivity index is 0.00000169. The molecule has 1 aromatic carbocycles. The van der Waals surface area contributed by atoms with Crippen molar-refractivity contribution in [2.45, 2.75) is 6.04 Å². The fraction of sp³-hybridized carbons (Fsp3) is 0.111. The molecule has 0 saturated carbocycles. The van der Waals surface area contributed by atoms with Gasteiger partial charge in [-0.2, -0.15) is 0 Å². The van der Waals surface area contributed by atoms with Crippen molar-refractivity contribution in [3.05, 3.63) is 40.6 Å². The molecular weight excluding hydrogens is 272 g/mol. The first-order valence-electron chi connectivity index (χ1n) is 3.63. The van der Waals surface area contributed by atoms with Crippen molar-refractivity contribution < 1.29 is 9.50 Å². The molecule has 1 atom stereocenters. The maximum absolute atomic E-state index is 13.2. The van der Waals surface area contributed by atoms with Gasteiger partial charge in [0.05, 0.1) is 16.1 Å². The summed E-state index contributed by atoms with van der Waals surface area (Å²) >= 11 is 3.07. The minimum absolute atomic E-state index is 0. The molecule has 1 rings (SSSR count). The highest BCUT2D eigenvalue weighted by molar-refractivity contribution is 9.10. The number of benzene rings is 1. The number of phenolic OH excluding ortho intramolecular Hbond substituents is 1. The van der Waals surface area contributed by atoms with E-state index in [1.807, 2.05) is 0 Å². The number of rotatable bonds is 2. The van der Waals surface area contributed by atoms with E-state index in [4.69, 9.17) is 5.73 Å². The molecule has 0 aliphatic carbocycles. The van der Waals surface area contributed by atoms with E-state index < -0.39 is 11.9 Å². The van der Waals surface area contributed by atoms with Gasteiger partial charge in [-0.1, -0.05) is 6.08 Å². The van der Waals surface area contributed by atoms with Crippen molar-refractivity contribution in [3.63, 3.8) is 0 Å². The average Bonchev–Trinajstić information content (AvgIpc) is 2.12. The van der Waals surface area contributed by atoms with Gasteiger partial charge in [0, 0.05) is 0 Å². The topological polar surface area (TPSA) is 46.2 Å². The third kappa shape index (κ3) is 2.47. The summed E-state index contributed by atoms with van der Waals surface area (Å²) in [6.07, 6.45) is 1.37. The van der Waals surface area contributed by atoms with Gasteiger partial charge in [0.15, 0.2) is 0 Å². The maximum atomic E-state index is 13.2. The summed E-state index contributed by atoms with van der Waals surface area (Å²) in [6, 6.07) is 1.96. The van der Waals surface area contributed by atoms with Gasteiger partial charge in [-0.3, -0.25) is 0 Å². The predicted octanol–water partition coefficient (Wildman–Crippen LogP) is 2.90. The second-order valence-corrected chi connectivity index (χ2v) is 3.41. The van der Waals surface area contributed by atoms with E-state index in [0.717, 1.165) is 0 Å². The molecule has 1 aromatic rings. The zero-order chi connectivity index (χ0) is 10.0. The summed E-state index contributed by atoms with van der Waals surface area (Å²) in [5, 5.41) is 9.47. The Morgan fingerprint density at radius 3 is 2.64 bits per heavy atom. The molecule has 0 fully saturated rings. The summed E-state index contributed by atoms with van der Waals surface area (Å²) in [5.74, 6) is -0.708. The van der Waals surface area contributed by atoms with Crippen molar-refractivity contribution >= 4 is 28.3 Å². The van der Waals surface area contributed by atoms with Crippen LogP contribution in [0.2, 0.25) is 0 Å². The van der Waals surface area contributed by atoms with E-state index in [2.05, 4.69) is 22.5 Å². The first-order chi connectivity index (χ1) is 6.07. The normalized spacial score (nSPS) is 11.6. The van der Waals surface area contributed by atoms with Crippen LogP contribution in [0, 0.1) is 5.82 Å². The molecule has 0 amide bonds. The highest BCUT2D eigenvalue weighted by Gasteiger charge is 2.15. The van der Waals surface area contributed by atoms with Gasteiger partial charge >= 0.3 is 0 Å². The average molecular weight is 283 g/mol. The molecule has 14 heavy (non-hydrogen) atoms. The Hall–Kier alpha value is -0.580. The molecule has 0 saturated heterocycles. The largest absolute Gasteiger partial charge is 0.506 e. The molecule has 0 unspecified atom stereocenters. The Bertz CT molecular complexity index is 346. The monoisotopic (exact) mass is 281 g/mol. The van der Waals surface area contributed by atoms with Crippen LogP contribution in [0.4, 0.5) is 4.39 Å². The van der Waals surface area contributed by atoms with Gasteiger partial charge in [0.2, 0.25) is 0 Å². The Morgan fingerprint density at radius 2 is 2.14 bits per heavy atom. The lowest BCUT2D eigenvalue weighted by atomic mass is 10.1. The van der Waals surface area contributed by atoms with Crippen LogP contribution < -0.4 is 5.73 Å². The summed E-state index contributed by atoms with van der Waals surface area (Å²) in [7, 11) is 0. The van der Waals surface area contributed by atoms with Crippen LogP contribution in [0.25, 0.3) is 0 Å². The van der Waals surface area contributed by atoms with Crippen molar-refractivity contribution in [1.82, 2.24) is 0 Å². The SMILES string of the molecule is C=C[C@H](N)c1c(F)ccc(Br)c1O.Cl. The molecule has 0 bridgehead atoms. The van der Waals surface area contributed by atoms with Gasteiger partial charge < -0.3 is 10.8 Å². The first-order valence-corrected chi connectivity index (χ1v) is 4.42. The van der Waals surface area contributed by atoms with Crippen molar-refractivity contribution in [2.75, 3.05) is 0 Å². The Kier molecular flexibility index (Phi) is 5.12. The molecule has 0 spiro atoms. The standard InChI is InChI=1S/C9H9BrFNO.ClH/c1-2-7(12)8-6(11)4-3-5(10)9(8)13;/h2-4,7,13H,1,12H2;1H/t7-;/m0./s1. The number of aromatic hydroxyl groups is 1. The molecular formula is C9H10BrClFNO. The summed E-state index contributed by atoms with van der Waals surface area (Å²) in [5.41, 5.74) is 5.59. The molecule has 0 radical (unpaired) electrons. The second kappa shape index (κ2) is 5.34. The lowest BCUT2D eigenvalue weighted by Crippen LogP contribution is -2.09. The van der Waals surface area contributed by atoms with Crippen LogP contribution in [0.3, 0.4) is 0 Å². The van der Waals surface area contributed by atoms with Gasteiger partial charge in [-0.15, -0.1) is 19.0 Å². The van der Waals surface area contributed by atoms with Gasteiger partial charge in [0.1, 0.15) is 11.6 Å². The van der Waals surface area contributed by atoms with Crippen LogP contribution in [-0.4, -0.2) is 5.11 Å². The molecule has 0 aromatic heterocycles. The van der Waals surface area contributed by atoms with E-state index in [0.29, 0.717) is 4.47 Å². The van der Waals surface area contributed by atoms with Crippen LogP contribution in [0.15, 0.2) is 29.3 Å². The minimum atomic E-state index is -0.697. The van der Waals surface area contributed by atoms with Gasteiger partial charge in [-0.25, -0.2) is 4.39 Å². The van der Waals surface area contributed by atoms with E-state index in [9.17, 15) is 9.50 Å². The molecule has 0 aliphatic rings. The number of hydrogen-bond donors (Lipinski definition) is 2. The third-order valence-electron chi connectivity index (χ3n) is 1.70. The fourth-order valence-electron chi connectivity index (χ4n) is 0.992. The van der Waals surface area contributed by atoms with Crippen molar-refractivity contribution in [2.24, 2.45) is 5.73 Å². The molecule has 3 N–H and O–H groups in total. The lowest BCUT2D eigenvalue weighted by molar-refractivity contribution is 0.452. The van der Waals surface area contributed by atoms with Crippen molar-refractivity contribution in [1.29, 1.82) is 0 Å². The van der Waals surface area contributed by atoms with E-state index in [-0.39, 0.29) is 23.7 Å². The quantitative estimate of drug-likeness (QED) is 0.819. The smallest absolute Gasteiger partial charge is 0.137 e. The molecule has 5 heteroatoms. The predicted molar refractivity (Wildman–Crippen MR) is 60.1 cm³/mol. The Morgan fingerprint density at radius 1 is 1.57 bits per heavy atom. The summed E-state index contributed by atoms with van der Waals surface area (Å²) < 4.78 is 13.6. The number of phenols is 1. The lowest BCUT2D eigenvalue weighted by Gasteiger charge is -2.11. The zero-order valence-corrected chi connectivity index (χ0v) is 9.61. The maximum Gasteiger partial charge on any atom is 0.137 e. The fourth-order valence-corrected chi connectivity index (χ4v) is 1.34. The third-order valence-corrected chi connectivity index (χ3v) is 2.34. The summed E-state index contributed by atoms with van der Waals surface area (Å²) in [6.45, 7) is 3.43. The van der Waals surface area contributed by atoms with Crippen LogP contribution in [-0.2, 0) is 0 Å². The number of nitrogens with two attached hydrogens (primary N) is 1. The highest BCUT2D eigenvalue weighted by Crippen LogP contribution is 2.33. The van der Waals surface area contributed by atoms with Gasteiger partial charge in [0.25, 0.3) is 0 Å².